The maximum absolute atomic E-state index is 11.9. The molecular formula is C18H27NO2. The summed E-state index contributed by atoms with van der Waals surface area (Å²) < 4.78 is 6.04. The van der Waals surface area contributed by atoms with Crippen molar-refractivity contribution < 1.29 is 9.53 Å². The van der Waals surface area contributed by atoms with E-state index in [0.717, 1.165) is 31.1 Å². The highest BCUT2D eigenvalue weighted by Gasteiger charge is 2.43. The minimum absolute atomic E-state index is 0.0855. The highest BCUT2D eigenvalue weighted by Crippen LogP contribution is 2.50. The van der Waals surface area contributed by atoms with Crippen LogP contribution in [0.3, 0.4) is 0 Å². The van der Waals surface area contributed by atoms with Crippen molar-refractivity contribution in [3.8, 4) is 5.75 Å². The van der Waals surface area contributed by atoms with Gasteiger partial charge in [-0.15, -0.1) is 0 Å². The van der Waals surface area contributed by atoms with Gasteiger partial charge < -0.3 is 10.5 Å². The Kier molecular flexibility index (Phi) is 5.40. The van der Waals surface area contributed by atoms with E-state index in [1.165, 1.54) is 12.8 Å². The van der Waals surface area contributed by atoms with E-state index in [9.17, 15) is 4.79 Å². The Morgan fingerprint density at radius 2 is 2.05 bits per heavy atom. The van der Waals surface area contributed by atoms with E-state index in [2.05, 4.69) is 13.8 Å². The molecule has 3 heteroatoms. The molecule has 0 amide bonds. The molecule has 0 aliphatic heterocycles. The van der Waals surface area contributed by atoms with Crippen molar-refractivity contribution in [3.05, 3.63) is 29.8 Å². The topological polar surface area (TPSA) is 52.3 Å². The summed E-state index contributed by atoms with van der Waals surface area (Å²) in [6.45, 7) is 5.65. The Bertz CT molecular complexity index is 476. The van der Waals surface area contributed by atoms with Crippen LogP contribution < -0.4 is 10.5 Å². The van der Waals surface area contributed by atoms with E-state index in [0.29, 0.717) is 23.9 Å². The SMILES string of the molecule is CCC(CC)(COc1cccc(C(=O)CCN)c1)C1CC1. The van der Waals surface area contributed by atoms with Gasteiger partial charge >= 0.3 is 0 Å². The second-order valence-electron chi connectivity index (χ2n) is 6.12. The molecular weight excluding hydrogens is 262 g/mol. The lowest BCUT2D eigenvalue weighted by atomic mass is 9.78. The van der Waals surface area contributed by atoms with Gasteiger partial charge in [0, 0.05) is 17.4 Å². The molecule has 116 valence electrons. The van der Waals surface area contributed by atoms with Crippen molar-refractivity contribution in [2.75, 3.05) is 13.2 Å². The Hall–Kier alpha value is -1.35. The van der Waals surface area contributed by atoms with E-state index in [1.54, 1.807) is 0 Å². The number of carbonyl (C=O) groups is 1. The predicted octanol–water partition coefficient (Wildman–Crippen LogP) is 3.81. The molecule has 0 aromatic heterocycles. The molecule has 0 spiro atoms. The number of nitrogens with two attached hydrogens (primary N) is 1. The van der Waals surface area contributed by atoms with E-state index in [-0.39, 0.29) is 5.78 Å². The first kappa shape index (κ1) is 16.0. The lowest BCUT2D eigenvalue weighted by Gasteiger charge is -2.31. The number of ketones is 1. The first-order chi connectivity index (χ1) is 10.1. The van der Waals surface area contributed by atoms with Crippen LogP contribution in [0.4, 0.5) is 0 Å². The second kappa shape index (κ2) is 7.08. The molecule has 0 saturated heterocycles. The molecule has 3 nitrogen and oxygen atoms in total. The maximum Gasteiger partial charge on any atom is 0.164 e. The van der Waals surface area contributed by atoms with Crippen molar-refractivity contribution in [2.45, 2.75) is 46.0 Å². The van der Waals surface area contributed by atoms with Gasteiger partial charge in [0.15, 0.2) is 5.78 Å². The summed E-state index contributed by atoms with van der Waals surface area (Å²) in [6.07, 6.45) is 5.36. The fraction of sp³-hybridized carbons (Fsp3) is 0.611. The summed E-state index contributed by atoms with van der Waals surface area (Å²) in [6, 6.07) is 7.50. The number of Topliss-reactive ketones (excluding diaryl/α,β-unsaturated/α-hetero) is 1. The van der Waals surface area contributed by atoms with E-state index in [4.69, 9.17) is 10.5 Å². The molecule has 0 heterocycles. The van der Waals surface area contributed by atoms with Crippen LogP contribution in [0.15, 0.2) is 24.3 Å². The third-order valence-electron chi connectivity index (χ3n) is 4.91. The zero-order valence-electron chi connectivity index (χ0n) is 13.2. The maximum atomic E-state index is 11.9. The van der Waals surface area contributed by atoms with Gasteiger partial charge in [-0.2, -0.15) is 0 Å². The molecule has 1 aliphatic rings. The Labute approximate surface area is 127 Å². The first-order valence-corrected chi connectivity index (χ1v) is 8.11. The highest BCUT2D eigenvalue weighted by molar-refractivity contribution is 5.96. The van der Waals surface area contributed by atoms with Crippen molar-refractivity contribution in [1.29, 1.82) is 0 Å². The van der Waals surface area contributed by atoms with Crippen LogP contribution in [-0.2, 0) is 0 Å². The molecule has 0 bridgehead atoms. The number of hydrogen-bond donors (Lipinski definition) is 1. The molecule has 1 aromatic carbocycles. The van der Waals surface area contributed by atoms with Gasteiger partial charge in [-0.3, -0.25) is 4.79 Å². The average molecular weight is 289 g/mol. The van der Waals surface area contributed by atoms with Gasteiger partial charge in [-0.05, 0) is 50.3 Å². The van der Waals surface area contributed by atoms with Crippen molar-refractivity contribution in [1.82, 2.24) is 0 Å². The third-order valence-corrected chi connectivity index (χ3v) is 4.91. The monoisotopic (exact) mass is 289 g/mol. The minimum Gasteiger partial charge on any atom is -0.493 e. The van der Waals surface area contributed by atoms with Crippen LogP contribution in [0.25, 0.3) is 0 Å². The number of rotatable bonds is 9. The summed E-state index contributed by atoms with van der Waals surface area (Å²) in [5.74, 6) is 1.70. The second-order valence-corrected chi connectivity index (χ2v) is 6.12. The molecule has 1 aliphatic carbocycles. The van der Waals surface area contributed by atoms with Crippen LogP contribution in [0.5, 0.6) is 5.75 Å². The molecule has 21 heavy (non-hydrogen) atoms. The highest BCUT2D eigenvalue weighted by atomic mass is 16.5. The normalized spacial score (nSPS) is 15.0. The summed E-state index contributed by atoms with van der Waals surface area (Å²) in [5.41, 5.74) is 6.44. The van der Waals surface area contributed by atoms with E-state index >= 15 is 0 Å². The number of ether oxygens (including phenoxy) is 1. The lowest BCUT2D eigenvalue weighted by molar-refractivity contribution is 0.0981. The van der Waals surface area contributed by atoms with Crippen LogP contribution in [0, 0.1) is 11.3 Å². The molecule has 1 saturated carbocycles. The zero-order valence-corrected chi connectivity index (χ0v) is 13.2. The van der Waals surface area contributed by atoms with Crippen LogP contribution in [-0.4, -0.2) is 18.9 Å². The van der Waals surface area contributed by atoms with Gasteiger partial charge in [0.1, 0.15) is 5.75 Å². The standard InChI is InChI=1S/C18H27NO2/c1-3-18(4-2,15-8-9-15)13-21-16-7-5-6-14(12-16)17(20)10-11-19/h5-7,12,15H,3-4,8-11,13,19H2,1-2H3. The first-order valence-electron chi connectivity index (χ1n) is 8.11. The van der Waals surface area contributed by atoms with E-state index in [1.807, 2.05) is 24.3 Å². The molecule has 0 radical (unpaired) electrons. The molecule has 0 atom stereocenters. The van der Waals surface area contributed by atoms with Gasteiger partial charge in [0.05, 0.1) is 6.61 Å². The van der Waals surface area contributed by atoms with Crippen LogP contribution in [0.2, 0.25) is 0 Å². The smallest absolute Gasteiger partial charge is 0.164 e. The van der Waals surface area contributed by atoms with Crippen LogP contribution in [0.1, 0.15) is 56.3 Å². The lowest BCUT2D eigenvalue weighted by Crippen LogP contribution is -2.29. The summed E-state index contributed by atoms with van der Waals surface area (Å²) in [5, 5.41) is 0. The Morgan fingerprint density at radius 1 is 1.33 bits per heavy atom. The fourth-order valence-electron chi connectivity index (χ4n) is 3.11. The number of carbonyl (C=O) groups excluding carboxylic acids is 1. The van der Waals surface area contributed by atoms with Gasteiger partial charge in [-0.1, -0.05) is 26.0 Å². The Balaban J connectivity index is 2.02. The fourth-order valence-corrected chi connectivity index (χ4v) is 3.11. The van der Waals surface area contributed by atoms with Crippen molar-refractivity contribution in [2.24, 2.45) is 17.1 Å². The third kappa shape index (κ3) is 3.85. The zero-order chi connectivity index (χ0) is 15.3. The summed E-state index contributed by atoms with van der Waals surface area (Å²) >= 11 is 0. The molecule has 2 rings (SSSR count). The molecule has 1 fully saturated rings. The largest absolute Gasteiger partial charge is 0.493 e. The summed E-state index contributed by atoms with van der Waals surface area (Å²) in [4.78, 5) is 11.9. The van der Waals surface area contributed by atoms with Gasteiger partial charge in [0.25, 0.3) is 0 Å². The van der Waals surface area contributed by atoms with Crippen molar-refractivity contribution in [3.63, 3.8) is 0 Å². The van der Waals surface area contributed by atoms with Crippen LogP contribution >= 0.6 is 0 Å². The van der Waals surface area contributed by atoms with E-state index < -0.39 is 0 Å². The minimum atomic E-state index is 0.0855. The molecule has 0 unspecified atom stereocenters. The Morgan fingerprint density at radius 3 is 2.62 bits per heavy atom. The quantitative estimate of drug-likeness (QED) is 0.703. The van der Waals surface area contributed by atoms with Crippen molar-refractivity contribution >= 4 is 5.78 Å². The van der Waals surface area contributed by atoms with Gasteiger partial charge in [0.2, 0.25) is 0 Å². The average Bonchev–Trinajstić information content (AvgIpc) is 3.35. The summed E-state index contributed by atoms with van der Waals surface area (Å²) in [7, 11) is 0. The predicted molar refractivity (Wildman–Crippen MR) is 85.7 cm³/mol. The van der Waals surface area contributed by atoms with Gasteiger partial charge in [-0.25, -0.2) is 0 Å². The molecule has 1 aromatic rings. The number of benzene rings is 1. The number of hydrogen-bond acceptors (Lipinski definition) is 3. The molecule has 2 N–H and O–H groups in total.